The first-order valence-electron chi connectivity index (χ1n) is 10.4. The summed E-state index contributed by atoms with van der Waals surface area (Å²) in [6.45, 7) is 4.48. The first kappa shape index (κ1) is 20.7. The molecule has 1 aliphatic heterocycles. The molecule has 3 aromatic heterocycles. The third-order valence-corrected chi connectivity index (χ3v) is 7.10. The van der Waals surface area contributed by atoms with Crippen molar-refractivity contribution in [2.45, 2.75) is 25.8 Å². The largest absolute Gasteiger partial charge is 0.383 e. The molecule has 0 amide bonds. The van der Waals surface area contributed by atoms with E-state index in [0.717, 1.165) is 34.3 Å². The second-order valence-corrected chi connectivity index (χ2v) is 8.88. The second kappa shape index (κ2) is 8.36. The van der Waals surface area contributed by atoms with Crippen LogP contribution in [0.25, 0.3) is 27.5 Å². The van der Waals surface area contributed by atoms with E-state index in [1.807, 2.05) is 6.07 Å². The lowest BCUT2D eigenvalue weighted by Gasteiger charge is -2.22. The number of thiophene rings is 1. The van der Waals surface area contributed by atoms with Crippen LogP contribution in [0, 0.1) is 11.6 Å². The maximum atomic E-state index is 14.4. The number of hydrogen-bond donors (Lipinski definition) is 1. The summed E-state index contributed by atoms with van der Waals surface area (Å²) in [6, 6.07) is 10.2. The number of rotatable bonds is 5. The molecule has 1 fully saturated rings. The Bertz CT molecular complexity index is 1260. The summed E-state index contributed by atoms with van der Waals surface area (Å²) < 4.78 is 29.3. The third-order valence-electron chi connectivity index (χ3n) is 5.80. The first-order chi connectivity index (χ1) is 15.5. The Hall–Kier alpha value is -3.24. The van der Waals surface area contributed by atoms with Gasteiger partial charge in [-0.1, -0.05) is 6.07 Å². The van der Waals surface area contributed by atoms with Gasteiger partial charge >= 0.3 is 0 Å². The van der Waals surface area contributed by atoms with Gasteiger partial charge in [-0.15, -0.1) is 16.4 Å². The zero-order valence-corrected chi connectivity index (χ0v) is 18.2. The van der Waals surface area contributed by atoms with Gasteiger partial charge in [-0.25, -0.2) is 13.8 Å². The number of halogens is 2. The second-order valence-electron chi connectivity index (χ2n) is 7.77. The molecule has 1 aliphatic rings. The summed E-state index contributed by atoms with van der Waals surface area (Å²) >= 11 is 1.71. The van der Waals surface area contributed by atoms with Gasteiger partial charge in [-0.3, -0.25) is 4.90 Å². The Labute approximate surface area is 187 Å². The lowest BCUT2D eigenvalue weighted by molar-refractivity contribution is 0.267. The van der Waals surface area contributed by atoms with Crippen molar-refractivity contribution in [1.82, 2.24) is 30.1 Å². The van der Waals surface area contributed by atoms with Crippen LogP contribution >= 0.6 is 11.3 Å². The van der Waals surface area contributed by atoms with E-state index in [1.54, 1.807) is 17.5 Å². The van der Waals surface area contributed by atoms with Crippen molar-refractivity contribution in [3.63, 3.8) is 0 Å². The van der Waals surface area contributed by atoms with Gasteiger partial charge in [0.2, 0.25) is 0 Å². The summed E-state index contributed by atoms with van der Waals surface area (Å²) in [4.78, 5) is 9.13. The molecular weight excluding hydrogens is 432 g/mol. The lowest BCUT2D eigenvalue weighted by Crippen LogP contribution is -2.22. The van der Waals surface area contributed by atoms with Gasteiger partial charge in [-0.2, -0.15) is 4.68 Å². The lowest BCUT2D eigenvalue weighted by atomic mass is 10.1. The van der Waals surface area contributed by atoms with Gasteiger partial charge in [0, 0.05) is 27.6 Å². The molecule has 0 saturated carbocycles. The molecule has 7 nitrogen and oxygen atoms in total. The number of nitrogens with two attached hydrogens (primary N) is 1. The van der Waals surface area contributed by atoms with E-state index < -0.39 is 11.6 Å². The zero-order chi connectivity index (χ0) is 22.2. The topological polar surface area (TPSA) is 85.7 Å². The van der Waals surface area contributed by atoms with Gasteiger partial charge < -0.3 is 5.73 Å². The van der Waals surface area contributed by atoms with Crippen LogP contribution in [0.5, 0.6) is 0 Å². The number of nitrogen functional groups attached to an aromatic ring is 1. The molecule has 1 atom stereocenters. The minimum atomic E-state index is -1.04. The van der Waals surface area contributed by atoms with E-state index in [4.69, 9.17) is 5.73 Å². The normalized spacial score (nSPS) is 15.3. The van der Waals surface area contributed by atoms with E-state index >= 15 is 0 Å². The number of hydrogen-bond acceptors (Lipinski definition) is 7. The molecule has 10 heteroatoms. The van der Waals surface area contributed by atoms with Crippen LogP contribution in [0.4, 0.5) is 14.6 Å². The van der Waals surface area contributed by atoms with Crippen LogP contribution in [-0.2, 0) is 0 Å². The van der Waals surface area contributed by atoms with Crippen molar-refractivity contribution in [1.29, 1.82) is 0 Å². The number of aromatic nitrogens is 5. The van der Waals surface area contributed by atoms with Crippen LogP contribution in [0.15, 0.2) is 42.6 Å². The van der Waals surface area contributed by atoms with Gasteiger partial charge in [0.25, 0.3) is 0 Å². The average molecular weight is 454 g/mol. The Morgan fingerprint density at radius 2 is 1.94 bits per heavy atom. The predicted octanol–water partition coefficient (Wildman–Crippen LogP) is 4.47. The maximum absolute atomic E-state index is 14.4. The Morgan fingerprint density at radius 1 is 1.12 bits per heavy atom. The fourth-order valence-electron chi connectivity index (χ4n) is 4.00. The van der Waals surface area contributed by atoms with Gasteiger partial charge in [0.1, 0.15) is 11.5 Å². The molecule has 32 heavy (non-hydrogen) atoms. The van der Waals surface area contributed by atoms with E-state index in [9.17, 15) is 8.78 Å². The van der Waals surface area contributed by atoms with Crippen molar-refractivity contribution in [3.8, 4) is 27.5 Å². The van der Waals surface area contributed by atoms with Crippen molar-refractivity contribution >= 4 is 17.2 Å². The van der Waals surface area contributed by atoms with E-state index in [-0.39, 0.29) is 17.3 Å². The summed E-state index contributed by atoms with van der Waals surface area (Å²) in [5.41, 5.74) is 7.31. The summed E-state index contributed by atoms with van der Waals surface area (Å²) in [6.07, 6.45) is 4.19. The SMILES string of the molecule is CC(c1ccc(-c2cnc(N)c(-c3nnnn3-c3cccc(F)c3F)c2)s1)N1CCCC1. The standard InChI is InChI=1S/C22H21F2N7S/c1-13(30-9-2-3-10-30)18-7-8-19(32-18)14-11-15(21(25)26-12-14)22-27-28-29-31(22)17-6-4-5-16(23)20(17)24/h4-8,11-13H,2-3,9-10H2,1H3,(H2,25,26). The highest BCUT2D eigenvalue weighted by atomic mass is 32.1. The van der Waals surface area contributed by atoms with Crippen LogP contribution in [0.2, 0.25) is 0 Å². The molecule has 5 rings (SSSR count). The number of pyridine rings is 1. The highest BCUT2D eigenvalue weighted by molar-refractivity contribution is 7.15. The molecular formula is C22H21F2N7S. The van der Waals surface area contributed by atoms with Crippen LogP contribution < -0.4 is 5.73 Å². The van der Waals surface area contributed by atoms with Gasteiger partial charge in [-0.05, 0) is 73.6 Å². The summed E-state index contributed by atoms with van der Waals surface area (Å²) in [5, 5.41) is 11.5. The van der Waals surface area contributed by atoms with Gasteiger partial charge in [0.15, 0.2) is 17.5 Å². The number of tetrazole rings is 1. The molecule has 0 bridgehead atoms. The predicted molar refractivity (Wildman–Crippen MR) is 119 cm³/mol. The van der Waals surface area contributed by atoms with Gasteiger partial charge in [0.05, 0.1) is 5.56 Å². The maximum Gasteiger partial charge on any atom is 0.190 e. The monoisotopic (exact) mass is 453 g/mol. The number of nitrogens with zero attached hydrogens (tertiary/aromatic N) is 6. The first-order valence-corrected chi connectivity index (χ1v) is 11.2. The van der Waals surface area contributed by atoms with Crippen molar-refractivity contribution < 1.29 is 8.78 Å². The molecule has 4 aromatic rings. The van der Waals surface area contributed by atoms with E-state index in [1.165, 1.54) is 29.9 Å². The molecule has 2 N–H and O–H groups in total. The zero-order valence-electron chi connectivity index (χ0n) is 17.4. The fraction of sp³-hybridized carbons (Fsp3) is 0.273. The fourth-order valence-corrected chi connectivity index (χ4v) is 5.08. The smallest absolute Gasteiger partial charge is 0.190 e. The molecule has 0 radical (unpaired) electrons. The van der Waals surface area contributed by atoms with E-state index in [2.05, 4.69) is 44.5 Å². The minimum Gasteiger partial charge on any atom is -0.383 e. The summed E-state index contributed by atoms with van der Waals surface area (Å²) in [7, 11) is 0. The van der Waals surface area contributed by atoms with Crippen molar-refractivity contribution in [3.05, 3.63) is 59.1 Å². The highest BCUT2D eigenvalue weighted by Crippen LogP contribution is 2.37. The van der Waals surface area contributed by atoms with Crippen molar-refractivity contribution in [2.24, 2.45) is 0 Å². The molecule has 0 aliphatic carbocycles. The molecule has 164 valence electrons. The van der Waals surface area contributed by atoms with Crippen molar-refractivity contribution in [2.75, 3.05) is 18.8 Å². The molecule has 0 spiro atoms. The van der Waals surface area contributed by atoms with E-state index in [0.29, 0.717) is 11.6 Å². The molecule has 1 aromatic carbocycles. The number of likely N-dealkylation sites (tertiary alicyclic amines) is 1. The summed E-state index contributed by atoms with van der Waals surface area (Å²) in [5.74, 6) is -1.64. The van der Waals surface area contributed by atoms with Crippen LogP contribution in [-0.4, -0.2) is 43.2 Å². The van der Waals surface area contributed by atoms with Crippen LogP contribution in [0.3, 0.4) is 0 Å². The third kappa shape index (κ3) is 3.65. The number of anilines is 1. The Kier molecular flexibility index (Phi) is 5.40. The molecule has 1 saturated heterocycles. The quantitative estimate of drug-likeness (QED) is 0.480. The Balaban J connectivity index is 1.51. The Morgan fingerprint density at radius 3 is 2.75 bits per heavy atom. The molecule has 1 unspecified atom stereocenters. The molecule has 4 heterocycles. The highest BCUT2D eigenvalue weighted by Gasteiger charge is 2.22. The number of benzene rings is 1. The minimum absolute atomic E-state index is 0.104. The van der Waals surface area contributed by atoms with Crippen LogP contribution in [0.1, 0.15) is 30.7 Å². The average Bonchev–Trinajstić information content (AvgIpc) is 3.57.